The van der Waals surface area contributed by atoms with E-state index in [0.29, 0.717) is 16.5 Å². The van der Waals surface area contributed by atoms with Gasteiger partial charge in [0.15, 0.2) is 6.61 Å². The molecule has 0 saturated carbocycles. The minimum Gasteiger partial charge on any atom is -0.484 e. The summed E-state index contributed by atoms with van der Waals surface area (Å²) in [5.74, 6) is 0.430. The van der Waals surface area contributed by atoms with Gasteiger partial charge in [-0.25, -0.2) is 0 Å². The van der Waals surface area contributed by atoms with E-state index in [1.807, 2.05) is 17.0 Å². The molecule has 26 heavy (non-hydrogen) atoms. The molecular weight excluding hydrogens is 352 g/mol. The predicted molar refractivity (Wildman–Crippen MR) is 102 cm³/mol. The number of benzene rings is 2. The molecule has 1 aliphatic heterocycles. The monoisotopic (exact) mass is 372 g/mol. The Bertz CT molecular complexity index is 771. The number of carbonyl (C=O) groups excluding carboxylic acids is 2. The maximum atomic E-state index is 12.2. The molecule has 0 radical (unpaired) electrons. The van der Waals surface area contributed by atoms with Gasteiger partial charge in [0.05, 0.1) is 6.42 Å². The van der Waals surface area contributed by atoms with Crippen LogP contribution in [0.25, 0.3) is 0 Å². The third-order valence-corrected chi connectivity index (χ3v) is 4.47. The smallest absolute Gasteiger partial charge is 0.260 e. The fraction of sp³-hybridized carbons (Fsp3) is 0.300. The number of likely N-dealkylation sites (tertiary alicyclic amines) is 1. The highest BCUT2D eigenvalue weighted by Crippen LogP contribution is 2.18. The van der Waals surface area contributed by atoms with Crippen molar-refractivity contribution in [1.82, 2.24) is 4.90 Å². The number of anilines is 1. The highest BCUT2D eigenvalue weighted by molar-refractivity contribution is 6.30. The zero-order chi connectivity index (χ0) is 18.4. The summed E-state index contributed by atoms with van der Waals surface area (Å²) >= 11 is 5.85. The molecule has 1 saturated heterocycles. The Kier molecular flexibility index (Phi) is 6.12. The molecule has 1 N–H and O–H groups in total. The fourth-order valence-corrected chi connectivity index (χ4v) is 2.99. The first-order valence-electron chi connectivity index (χ1n) is 8.65. The van der Waals surface area contributed by atoms with Gasteiger partial charge in [0, 0.05) is 29.9 Å². The molecule has 0 unspecified atom stereocenters. The molecular formula is C20H21ClN2O3. The van der Waals surface area contributed by atoms with Gasteiger partial charge in [-0.05, 0) is 42.7 Å². The van der Waals surface area contributed by atoms with Gasteiger partial charge in [-0.3, -0.25) is 9.59 Å². The van der Waals surface area contributed by atoms with E-state index in [9.17, 15) is 9.59 Å². The minimum atomic E-state index is -0.127. The quantitative estimate of drug-likeness (QED) is 0.844. The Labute approximate surface area is 157 Å². The summed E-state index contributed by atoms with van der Waals surface area (Å²) in [6.07, 6.45) is 2.37. The molecule has 0 aromatic heterocycles. The van der Waals surface area contributed by atoms with Crippen LogP contribution in [-0.2, 0) is 16.0 Å². The van der Waals surface area contributed by atoms with Gasteiger partial charge in [-0.15, -0.1) is 0 Å². The highest BCUT2D eigenvalue weighted by atomic mass is 35.5. The Morgan fingerprint density at radius 1 is 1.08 bits per heavy atom. The number of ether oxygens (including phenoxy) is 1. The number of hydrogen-bond donors (Lipinski definition) is 1. The van der Waals surface area contributed by atoms with Crippen LogP contribution in [0.1, 0.15) is 18.4 Å². The van der Waals surface area contributed by atoms with Crippen LogP contribution in [0.4, 0.5) is 5.69 Å². The standard InChI is InChI=1S/C20H21ClN2O3/c21-16-8-6-15(7-9-16)12-19(24)22-17-4-3-5-18(13-17)26-14-20(25)23-10-1-2-11-23/h3-9,13H,1-2,10-12,14H2,(H,22,24). The molecule has 6 heteroatoms. The number of amides is 2. The van der Waals surface area contributed by atoms with Gasteiger partial charge < -0.3 is 15.0 Å². The van der Waals surface area contributed by atoms with Crippen molar-refractivity contribution >= 4 is 29.1 Å². The summed E-state index contributed by atoms with van der Waals surface area (Å²) in [6.45, 7) is 1.63. The minimum absolute atomic E-state index is 0.000299. The van der Waals surface area contributed by atoms with Crippen LogP contribution in [0.15, 0.2) is 48.5 Å². The number of rotatable bonds is 6. The van der Waals surface area contributed by atoms with Crippen molar-refractivity contribution in [3.8, 4) is 5.75 Å². The largest absolute Gasteiger partial charge is 0.484 e. The lowest BCUT2D eigenvalue weighted by molar-refractivity contribution is -0.132. The van der Waals surface area contributed by atoms with E-state index < -0.39 is 0 Å². The molecule has 0 spiro atoms. The number of hydrogen-bond acceptors (Lipinski definition) is 3. The van der Waals surface area contributed by atoms with E-state index >= 15 is 0 Å². The van der Waals surface area contributed by atoms with Crippen molar-refractivity contribution in [3.63, 3.8) is 0 Å². The Hall–Kier alpha value is -2.53. The van der Waals surface area contributed by atoms with E-state index in [4.69, 9.17) is 16.3 Å². The van der Waals surface area contributed by atoms with Gasteiger partial charge in [-0.2, -0.15) is 0 Å². The van der Waals surface area contributed by atoms with Crippen LogP contribution in [0.2, 0.25) is 5.02 Å². The average molecular weight is 373 g/mol. The van der Waals surface area contributed by atoms with Gasteiger partial charge in [0.25, 0.3) is 5.91 Å². The molecule has 0 atom stereocenters. The number of nitrogens with one attached hydrogen (secondary N) is 1. The summed E-state index contributed by atoms with van der Waals surface area (Å²) < 4.78 is 5.58. The topological polar surface area (TPSA) is 58.6 Å². The van der Waals surface area contributed by atoms with E-state index in [1.54, 1.807) is 36.4 Å². The van der Waals surface area contributed by atoms with Gasteiger partial charge in [0.2, 0.25) is 5.91 Å². The maximum Gasteiger partial charge on any atom is 0.260 e. The second-order valence-electron chi connectivity index (χ2n) is 6.26. The molecule has 5 nitrogen and oxygen atoms in total. The van der Waals surface area contributed by atoms with E-state index in [0.717, 1.165) is 31.5 Å². The van der Waals surface area contributed by atoms with Gasteiger partial charge in [-0.1, -0.05) is 29.8 Å². The Morgan fingerprint density at radius 3 is 2.54 bits per heavy atom. The van der Waals surface area contributed by atoms with Crippen LogP contribution in [0.3, 0.4) is 0 Å². The second kappa shape index (κ2) is 8.72. The Balaban J connectivity index is 1.52. The summed E-state index contributed by atoms with van der Waals surface area (Å²) in [5.41, 5.74) is 1.52. The average Bonchev–Trinajstić information content (AvgIpc) is 3.17. The van der Waals surface area contributed by atoms with Gasteiger partial charge in [0.1, 0.15) is 5.75 Å². The summed E-state index contributed by atoms with van der Waals surface area (Å²) in [4.78, 5) is 26.0. The maximum absolute atomic E-state index is 12.2. The fourth-order valence-electron chi connectivity index (χ4n) is 2.86. The number of carbonyl (C=O) groups is 2. The van der Waals surface area contributed by atoms with Crippen molar-refractivity contribution in [1.29, 1.82) is 0 Å². The zero-order valence-corrected chi connectivity index (χ0v) is 15.2. The zero-order valence-electron chi connectivity index (χ0n) is 14.4. The molecule has 1 aliphatic rings. The van der Waals surface area contributed by atoms with Crippen molar-refractivity contribution in [2.75, 3.05) is 25.0 Å². The third kappa shape index (κ3) is 5.23. The first-order chi connectivity index (χ1) is 12.6. The second-order valence-corrected chi connectivity index (χ2v) is 6.69. The molecule has 1 fully saturated rings. The van der Waals surface area contributed by atoms with Crippen LogP contribution in [0.5, 0.6) is 5.75 Å². The van der Waals surface area contributed by atoms with Crippen LogP contribution >= 0.6 is 11.6 Å². The lowest BCUT2D eigenvalue weighted by Crippen LogP contribution is -2.32. The van der Waals surface area contributed by atoms with Gasteiger partial charge >= 0.3 is 0 Å². The number of nitrogens with zero attached hydrogens (tertiary/aromatic N) is 1. The first kappa shape index (κ1) is 18.3. The first-order valence-corrected chi connectivity index (χ1v) is 9.03. The van der Waals surface area contributed by atoms with Crippen molar-refractivity contribution in [3.05, 3.63) is 59.1 Å². The van der Waals surface area contributed by atoms with Crippen molar-refractivity contribution < 1.29 is 14.3 Å². The Morgan fingerprint density at radius 2 is 1.81 bits per heavy atom. The molecule has 0 aliphatic carbocycles. The highest BCUT2D eigenvalue weighted by Gasteiger charge is 2.18. The summed E-state index contributed by atoms with van der Waals surface area (Å²) in [5, 5.41) is 3.48. The molecule has 2 aromatic carbocycles. The molecule has 0 bridgehead atoms. The predicted octanol–water partition coefficient (Wildman–Crippen LogP) is 3.52. The molecule has 1 heterocycles. The normalized spacial score (nSPS) is 13.5. The van der Waals surface area contributed by atoms with E-state index in [1.165, 1.54) is 0 Å². The summed E-state index contributed by atoms with van der Waals surface area (Å²) in [7, 11) is 0. The lowest BCUT2D eigenvalue weighted by atomic mass is 10.1. The van der Waals surface area contributed by atoms with E-state index in [-0.39, 0.29) is 24.8 Å². The van der Waals surface area contributed by atoms with Crippen molar-refractivity contribution in [2.24, 2.45) is 0 Å². The molecule has 136 valence electrons. The van der Waals surface area contributed by atoms with E-state index in [2.05, 4.69) is 5.32 Å². The molecule has 3 rings (SSSR count). The van der Waals surface area contributed by atoms with Crippen LogP contribution in [0, 0.1) is 0 Å². The summed E-state index contributed by atoms with van der Waals surface area (Å²) in [6, 6.07) is 14.2. The lowest BCUT2D eigenvalue weighted by Gasteiger charge is -2.15. The molecule has 2 aromatic rings. The SMILES string of the molecule is O=C(Cc1ccc(Cl)cc1)Nc1cccc(OCC(=O)N2CCCC2)c1. The van der Waals surface area contributed by atoms with Crippen LogP contribution < -0.4 is 10.1 Å². The van der Waals surface area contributed by atoms with Crippen LogP contribution in [-0.4, -0.2) is 36.4 Å². The molecule has 2 amide bonds. The number of halogens is 1. The third-order valence-electron chi connectivity index (χ3n) is 4.22. The van der Waals surface area contributed by atoms with Crippen molar-refractivity contribution in [2.45, 2.75) is 19.3 Å².